The van der Waals surface area contributed by atoms with E-state index in [9.17, 15) is 5.11 Å². The predicted octanol–water partition coefficient (Wildman–Crippen LogP) is 1.96. The van der Waals surface area contributed by atoms with Gasteiger partial charge in [0.2, 0.25) is 0 Å². The minimum Gasteiger partial charge on any atom is -0.393 e. The predicted molar refractivity (Wildman–Crippen MR) is 49.1 cm³/mol. The van der Waals surface area contributed by atoms with E-state index >= 15 is 0 Å². The third-order valence-corrected chi connectivity index (χ3v) is 2.57. The molecule has 0 radical (unpaired) electrons. The first-order valence-electron chi connectivity index (χ1n) is 5.08. The van der Waals surface area contributed by atoms with E-state index in [2.05, 4.69) is 6.92 Å². The molecule has 1 aliphatic rings. The lowest BCUT2D eigenvalue weighted by atomic mass is 9.92. The quantitative estimate of drug-likeness (QED) is 0.702. The van der Waals surface area contributed by atoms with Crippen LogP contribution in [-0.2, 0) is 4.74 Å². The van der Waals surface area contributed by atoms with E-state index in [1.165, 1.54) is 0 Å². The van der Waals surface area contributed by atoms with Gasteiger partial charge in [-0.05, 0) is 31.6 Å². The lowest BCUT2D eigenvalue weighted by Crippen LogP contribution is -2.20. The number of rotatable bonds is 4. The van der Waals surface area contributed by atoms with E-state index < -0.39 is 0 Å². The second-order valence-corrected chi connectivity index (χ2v) is 3.73. The molecule has 0 saturated carbocycles. The molecule has 1 heterocycles. The largest absolute Gasteiger partial charge is 0.393 e. The Bertz CT molecular complexity index is 108. The smallest absolute Gasteiger partial charge is 0.0542 e. The molecule has 0 aliphatic carbocycles. The molecule has 1 saturated heterocycles. The maximum atomic E-state index is 9.56. The molecule has 1 atom stereocenters. The Kier molecular flexibility index (Phi) is 4.62. The molecule has 2 heteroatoms. The van der Waals surface area contributed by atoms with E-state index in [0.29, 0.717) is 5.92 Å². The van der Waals surface area contributed by atoms with Crippen molar-refractivity contribution in [2.24, 2.45) is 5.92 Å². The molecular weight excluding hydrogens is 152 g/mol. The van der Waals surface area contributed by atoms with Gasteiger partial charge in [0, 0.05) is 13.2 Å². The number of aliphatic hydroxyl groups excluding tert-OH is 1. The molecule has 0 bridgehead atoms. The van der Waals surface area contributed by atoms with Crippen LogP contribution in [0.4, 0.5) is 0 Å². The Hall–Kier alpha value is -0.0800. The second kappa shape index (κ2) is 5.55. The molecule has 1 N–H and O–H groups in total. The Morgan fingerprint density at radius 2 is 2.08 bits per heavy atom. The molecule has 0 spiro atoms. The van der Waals surface area contributed by atoms with Crippen LogP contribution in [0, 0.1) is 5.92 Å². The minimum atomic E-state index is -0.0712. The van der Waals surface area contributed by atoms with E-state index in [-0.39, 0.29) is 6.10 Å². The SMILES string of the molecule is CCCC(O)CC1CCOCC1. The van der Waals surface area contributed by atoms with Gasteiger partial charge in [-0.2, -0.15) is 0 Å². The van der Waals surface area contributed by atoms with Crippen LogP contribution in [0.3, 0.4) is 0 Å². The van der Waals surface area contributed by atoms with E-state index in [4.69, 9.17) is 4.74 Å². The van der Waals surface area contributed by atoms with Crippen molar-refractivity contribution in [3.8, 4) is 0 Å². The summed E-state index contributed by atoms with van der Waals surface area (Å²) in [5.74, 6) is 0.709. The molecule has 12 heavy (non-hydrogen) atoms. The van der Waals surface area contributed by atoms with E-state index in [1.807, 2.05) is 0 Å². The van der Waals surface area contributed by atoms with Crippen molar-refractivity contribution in [2.75, 3.05) is 13.2 Å². The van der Waals surface area contributed by atoms with Gasteiger partial charge in [0.05, 0.1) is 6.10 Å². The molecule has 1 rings (SSSR count). The highest BCUT2D eigenvalue weighted by Crippen LogP contribution is 2.21. The first-order valence-corrected chi connectivity index (χ1v) is 5.08. The molecule has 0 amide bonds. The van der Waals surface area contributed by atoms with Gasteiger partial charge in [-0.3, -0.25) is 0 Å². The Labute approximate surface area is 74.9 Å². The van der Waals surface area contributed by atoms with Crippen molar-refractivity contribution < 1.29 is 9.84 Å². The monoisotopic (exact) mass is 172 g/mol. The summed E-state index contributed by atoms with van der Waals surface area (Å²) in [4.78, 5) is 0. The fourth-order valence-corrected chi connectivity index (χ4v) is 1.82. The Balaban J connectivity index is 2.11. The first-order chi connectivity index (χ1) is 5.83. The maximum Gasteiger partial charge on any atom is 0.0542 e. The lowest BCUT2D eigenvalue weighted by molar-refractivity contribution is 0.0419. The molecule has 0 aromatic carbocycles. The Morgan fingerprint density at radius 1 is 1.42 bits per heavy atom. The highest BCUT2D eigenvalue weighted by atomic mass is 16.5. The topological polar surface area (TPSA) is 29.5 Å². The molecule has 1 unspecified atom stereocenters. The van der Waals surface area contributed by atoms with Crippen molar-refractivity contribution in [3.05, 3.63) is 0 Å². The zero-order valence-electron chi connectivity index (χ0n) is 7.96. The highest BCUT2D eigenvalue weighted by molar-refractivity contribution is 4.67. The fraction of sp³-hybridized carbons (Fsp3) is 1.00. The number of aliphatic hydroxyl groups is 1. The van der Waals surface area contributed by atoms with Crippen LogP contribution in [0.2, 0.25) is 0 Å². The summed E-state index contributed by atoms with van der Waals surface area (Å²) in [5, 5.41) is 9.56. The average molecular weight is 172 g/mol. The number of hydrogen-bond donors (Lipinski definition) is 1. The average Bonchev–Trinajstić information content (AvgIpc) is 2.06. The van der Waals surface area contributed by atoms with Gasteiger partial charge in [-0.15, -0.1) is 0 Å². The number of ether oxygens (including phenoxy) is 1. The molecule has 0 aromatic rings. The fourth-order valence-electron chi connectivity index (χ4n) is 1.82. The van der Waals surface area contributed by atoms with E-state index in [0.717, 1.165) is 45.3 Å². The first kappa shape index (κ1) is 10.0. The molecule has 0 aromatic heterocycles. The van der Waals surface area contributed by atoms with Gasteiger partial charge in [-0.1, -0.05) is 13.3 Å². The highest BCUT2D eigenvalue weighted by Gasteiger charge is 2.16. The summed E-state index contributed by atoms with van der Waals surface area (Å²) < 4.78 is 5.26. The normalized spacial score (nSPS) is 22.5. The van der Waals surface area contributed by atoms with Crippen LogP contribution in [0.1, 0.15) is 39.0 Å². The summed E-state index contributed by atoms with van der Waals surface area (Å²) >= 11 is 0. The van der Waals surface area contributed by atoms with Crippen LogP contribution in [0.5, 0.6) is 0 Å². The van der Waals surface area contributed by atoms with Crippen molar-refractivity contribution >= 4 is 0 Å². The van der Waals surface area contributed by atoms with Crippen molar-refractivity contribution in [3.63, 3.8) is 0 Å². The van der Waals surface area contributed by atoms with Gasteiger partial charge in [0.25, 0.3) is 0 Å². The summed E-state index contributed by atoms with van der Waals surface area (Å²) in [5.41, 5.74) is 0. The van der Waals surface area contributed by atoms with Gasteiger partial charge >= 0.3 is 0 Å². The molecule has 1 fully saturated rings. The zero-order chi connectivity index (χ0) is 8.81. The van der Waals surface area contributed by atoms with Crippen LogP contribution in [0.15, 0.2) is 0 Å². The zero-order valence-corrected chi connectivity index (χ0v) is 7.96. The molecular formula is C10H20O2. The summed E-state index contributed by atoms with van der Waals surface area (Å²) in [6.45, 7) is 3.90. The molecule has 1 aliphatic heterocycles. The van der Waals surface area contributed by atoms with Crippen LogP contribution in [0.25, 0.3) is 0 Å². The van der Waals surface area contributed by atoms with Gasteiger partial charge in [-0.25, -0.2) is 0 Å². The lowest BCUT2D eigenvalue weighted by Gasteiger charge is -2.23. The Morgan fingerprint density at radius 3 is 2.67 bits per heavy atom. The van der Waals surface area contributed by atoms with Gasteiger partial charge in [0.15, 0.2) is 0 Å². The maximum absolute atomic E-state index is 9.56. The standard InChI is InChI=1S/C10H20O2/c1-2-3-10(11)8-9-4-6-12-7-5-9/h9-11H,2-8H2,1H3. The number of hydrogen-bond acceptors (Lipinski definition) is 2. The molecule has 2 nitrogen and oxygen atoms in total. The van der Waals surface area contributed by atoms with Crippen LogP contribution in [-0.4, -0.2) is 24.4 Å². The molecule has 72 valence electrons. The van der Waals surface area contributed by atoms with Crippen molar-refractivity contribution in [2.45, 2.75) is 45.1 Å². The van der Waals surface area contributed by atoms with Crippen molar-refractivity contribution in [1.82, 2.24) is 0 Å². The van der Waals surface area contributed by atoms with Gasteiger partial charge in [0.1, 0.15) is 0 Å². The third-order valence-electron chi connectivity index (χ3n) is 2.57. The van der Waals surface area contributed by atoms with Crippen LogP contribution < -0.4 is 0 Å². The second-order valence-electron chi connectivity index (χ2n) is 3.73. The third kappa shape index (κ3) is 3.55. The minimum absolute atomic E-state index is 0.0712. The van der Waals surface area contributed by atoms with E-state index in [1.54, 1.807) is 0 Å². The van der Waals surface area contributed by atoms with Gasteiger partial charge < -0.3 is 9.84 Å². The summed E-state index contributed by atoms with van der Waals surface area (Å²) in [6, 6.07) is 0. The van der Waals surface area contributed by atoms with Crippen molar-refractivity contribution in [1.29, 1.82) is 0 Å². The summed E-state index contributed by atoms with van der Waals surface area (Å²) in [6.07, 6.45) is 5.23. The summed E-state index contributed by atoms with van der Waals surface area (Å²) in [7, 11) is 0. The van der Waals surface area contributed by atoms with Crippen LogP contribution >= 0.6 is 0 Å².